The molecule has 146 valence electrons. The van der Waals surface area contributed by atoms with Crippen LogP contribution in [0.1, 0.15) is 59.2 Å². The average molecular weight is 386 g/mol. The van der Waals surface area contributed by atoms with Crippen molar-refractivity contribution in [3.8, 4) is 0 Å². The van der Waals surface area contributed by atoms with Gasteiger partial charge >= 0.3 is 0 Å². The van der Waals surface area contributed by atoms with Crippen LogP contribution < -0.4 is 5.32 Å². The lowest BCUT2D eigenvalue weighted by atomic mass is 9.89. The number of amides is 1. The number of hydrogen-bond donors (Lipinski definition) is 1. The van der Waals surface area contributed by atoms with Crippen LogP contribution in [0.2, 0.25) is 0 Å². The summed E-state index contributed by atoms with van der Waals surface area (Å²) in [5.74, 6) is 1.09. The highest BCUT2D eigenvalue weighted by molar-refractivity contribution is 7.09. The Morgan fingerprint density at radius 1 is 1.30 bits per heavy atom. The van der Waals surface area contributed by atoms with Gasteiger partial charge in [0.2, 0.25) is 0 Å². The minimum Gasteiger partial charge on any atom is -0.352 e. The highest BCUT2D eigenvalue weighted by Gasteiger charge is 2.26. The summed E-state index contributed by atoms with van der Waals surface area (Å²) in [5.41, 5.74) is 2.74. The summed E-state index contributed by atoms with van der Waals surface area (Å²) < 4.78 is 0. The molecule has 2 aromatic heterocycles. The van der Waals surface area contributed by atoms with Gasteiger partial charge in [-0.25, -0.2) is 0 Å². The Labute approximate surface area is 167 Å². The van der Waals surface area contributed by atoms with E-state index in [4.69, 9.17) is 4.98 Å². The molecule has 0 unspecified atom stereocenters. The topological polar surface area (TPSA) is 45.2 Å². The Balaban J connectivity index is 1.63. The zero-order valence-electron chi connectivity index (χ0n) is 16.7. The number of nitrogens with one attached hydrogen (secondary N) is 1. The minimum atomic E-state index is 0.0127. The summed E-state index contributed by atoms with van der Waals surface area (Å²) in [6, 6.07) is 8.07. The molecular formula is C22H31N3OS. The van der Waals surface area contributed by atoms with Crippen molar-refractivity contribution in [3.63, 3.8) is 0 Å². The van der Waals surface area contributed by atoms with Gasteiger partial charge in [0.05, 0.1) is 11.3 Å². The number of hydrogen-bond acceptors (Lipinski definition) is 4. The quantitative estimate of drug-likeness (QED) is 0.774. The lowest BCUT2D eigenvalue weighted by molar-refractivity contribution is 0.0951. The average Bonchev–Trinajstić information content (AvgIpc) is 3.15. The molecule has 0 atom stereocenters. The number of thiophene rings is 1. The van der Waals surface area contributed by atoms with Crippen LogP contribution in [-0.2, 0) is 6.42 Å². The number of nitrogens with zero attached hydrogens (tertiary/aromatic N) is 2. The minimum absolute atomic E-state index is 0.0127. The van der Waals surface area contributed by atoms with Crippen molar-refractivity contribution in [2.45, 2.75) is 46.0 Å². The lowest BCUT2D eigenvalue weighted by Crippen LogP contribution is -2.36. The first-order valence-corrected chi connectivity index (χ1v) is 10.9. The molecule has 0 aliphatic carbocycles. The molecule has 1 N–H and O–H groups in total. The smallest absolute Gasteiger partial charge is 0.253 e. The number of likely N-dealkylation sites (tertiary alicyclic amines) is 1. The van der Waals surface area contributed by atoms with Crippen molar-refractivity contribution in [1.29, 1.82) is 0 Å². The van der Waals surface area contributed by atoms with E-state index in [1.165, 1.54) is 4.88 Å². The zero-order chi connectivity index (χ0) is 19.2. The van der Waals surface area contributed by atoms with E-state index in [0.29, 0.717) is 18.4 Å². The van der Waals surface area contributed by atoms with Crippen molar-refractivity contribution >= 4 is 17.2 Å². The van der Waals surface area contributed by atoms with Gasteiger partial charge < -0.3 is 10.2 Å². The Morgan fingerprint density at radius 2 is 2.07 bits per heavy atom. The second kappa shape index (κ2) is 9.47. The first-order chi connectivity index (χ1) is 13.0. The monoisotopic (exact) mass is 385 g/mol. The first kappa shape index (κ1) is 20.0. The van der Waals surface area contributed by atoms with Crippen molar-refractivity contribution in [3.05, 3.63) is 51.5 Å². The normalized spacial score (nSPS) is 16.0. The van der Waals surface area contributed by atoms with E-state index in [0.717, 1.165) is 55.8 Å². The van der Waals surface area contributed by atoms with Gasteiger partial charge in [-0.2, -0.15) is 0 Å². The highest BCUT2D eigenvalue weighted by atomic mass is 32.1. The lowest BCUT2D eigenvalue weighted by Gasteiger charge is -2.33. The van der Waals surface area contributed by atoms with Crippen LogP contribution in [0.3, 0.4) is 0 Å². The van der Waals surface area contributed by atoms with E-state index < -0.39 is 0 Å². The summed E-state index contributed by atoms with van der Waals surface area (Å²) >= 11 is 1.73. The molecule has 3 heterocycles. The molecule has 27 heavy (non-hydrogen) atoms. The van der Waals surface area contributed by atoms with Crippen molar-refractivity contribution in [1.82, 2.24) is 15.2 Å². The third-order valence-corrected chi connectivity index (χ3v) is 6.08. The summed E-state index contributed by atoms with van der Waals surface area (Å²) in [6.07, 6.45) is 3.04. The summed E-state index contributed by atoms with van der Waals surface area (Å²) in [4.78, 5) is 21.4. The highest BCUT2D eigenvalue weighted by Crippen LogP contribution is 2.29. The van der Waals surface area contributed by atoms with E-state index in [-0.39, 0.29) is 5.91 Å². The molecule has 1 aliphatic heterocycles. The van der Waals surface area contributed by atoms with Gasteiger partial charge in [0.1, 0.15) is 0 Å². The standard InChI is InChI=1S/C22H31N3OS/c1-16(2)15-25-12-9-18(10-13-25)21-20(7-6-17(3)24-21)22(26)23-11-8-19-5-4-14-27-19/h4-7,14,16,18H,8-13,15H2,1-3H3,(H,23,26). The number of rotatable bonds is 7. The van der Waals surface area contributed by atoms with Crippen LogP contribution >= 0.6 is 11.3 Å². The fourth-order valence-electron chi connectivity index (χ4n) is 3.83. The molecule has 0 bridgehead atoms. The number of piperidine rings is 1. The number of carbonyl (C=O) groups is 1. The molecule has 1 amide bonds. The maximum atomic E-state index is 12.8. The predicted molar refractivity (Wildman–Crippen MR) is 113 cm³/mol. The number of aryl methyl sites for hydroxylation is 1. The largest absolute Gasteiger partial charge is 0.352 e. The molecule has 1 aliphatic rings. The number of pyridine rings is 1. The van der Waals surface area contributed by atoms with Gasteiger partial charge in [-0.3, -0.25) is 9.78 Å². The molecule has 0 radical (unpaired) electrons. The van der Waals surface area contributed by atoms with Crippen molar-refractivity contribution < 1.29 is 4.79 Å². The summed E-state index contributed by atoms with van der Waals surface area (Å²) in [7, 11) is 0. The second-order valence-corrected chi connectivity index (χ2v) is 8.97. The van der Waals surface area contributed by atoms with Gasteiger partial charge in [0.25, 0.3) is 5.91 Å². The Hall–Kier alpha value is -1.72. The van der Waals surface area contributed by atoms with E-state index in [1.54, 1.807) is 11.3 Å². The van der Waals surface area contributed by atoms with Crippen LogP contribution in [0.15, 0.2) is 29.6 Å². The summed E-state index contributed by atoms with van der Waals surface area (Å²) in [5, 5.41) is 5.16. The second-order valence-electron chi connectivity index (χ2n) is 7.94. The molecule has 1 saturated heterocycles. The van der Waals surface area contributed by atoms with Crippen LogP contribution in [0.25, 0.3) is 0 Å². The van der Waals surface area contributed by atoms with Gasteiger partial charge in [-0.15, -0.1) is 11.3 Å². The SMILES string of the molecule is Cc1ccc(C(=O)NCCc2cccs2)c(C2CCN(CC(C)C)CC2)n1. The molecule has 2 aromatic rings. The van der Waals surface area contributed by atoms with Crippen molar-refractivity contribution in [2.24, 2.45) is 5.92 Å². The van der Waals surface area contributed by atoms with E-state index in [9.17, 15) is 4.79 Å². The Bertz CT molecular complexity index is 734. The Kier molecular flexibility index (Phi) is 7.02. The third-order valence-electron chi connectivity index (χ3n) is 5.14. The maximum Gasteiger partial charge on any atom is 0.253 e. The molecule has 0 aromatic carbocycles. The number of carbonyl (C=O) groups excluding carboxylic acids is 1. The Morgan fingerprint density at radius 3 is 2.74 bits per heavy atom. The third kappa shape index (κ3) is 5.63. The molecule has 0 spiro atoms. The molecule has 3 rings (SSSR count). The van der Waals surface area contributed by atoms with Gasteiger partial charge in [0, 0.05) is 29.6 Å². The fourth-order valence-corrected chi connectivity index (χ4v) is 4.54. The predicted octanol–water partition coefficient (Wildman–Crippen LogP) is 4.26. The molecular weight excluding hydrogens is 354 g/mol. The van der Waals surface area contributed by atoms with Gasteiger partial charge in [0.15, 0.2) is 0 Å². The molecule has 1 fully saturated rings. The van der Waals surface area contributed by atoms with Crippen LogP contribution in [0.5, 0.6) is 0 Å². The first-order valence-electron chi connectivity index (χ1n) is 10.0. The van der Waals surface area contributed by atoms with E-state index in [1.807, 2.05) is 19.1 Å². The number of aromatic nitrogens is 1. The van der Waals surface area contributed by atoms with Crippen LogP contribution in [-0.4, -0.2) is 42.0 Å². The fraction of sp³-hybridized carbons (Fsp3) is 0.545. The summed E-state index contributed by atoms with van der Waals surface area (Å²) in [6.45, 7) is 10.6. The van der Waals surface area contributed by atoms with Gasteiger partial charge in [-0.05, 0) is 68.8 Å². The van der Waals surface area contributed by atoms with Crippen LogP contribution in [0.4, 0.5) is 0 Å². The van der Waals surface area contributed by atoms with E-state index in [2.05, 4.69) is 41.6 Å². The maximum absolute atomic E-state index is 12.8. The van der Waals surface area contributed by atoms with Crippen molar-refractivity contribution in [2.75, 3.05) is 26.2 Å². The van der Waals surface area contributed by atoms with Crippen LogP contribution in [0, 0.1) is 12.8 Å². The van der Waals surface area contributed by atoms with E-state index >= 15 is 0 Å². The van der Waals surface area contributed by atoms with Gasteiger partial charge in [-0.1, -0.05) is 19.9 Å². The zero-order valence-corrected chi connectivity index (χ0v) is 17.5. The molecule has 0 saturated carbocycles. The molecule has 5 heteroatoms. The molecule has 4 nitrogen and oxygen atoms in total.